The number of carboxylic acid groups (broad SMARTS) is 1. The summed E-state index contributed by atoms with van der Waals surface area (Å²) in [6.07, 6.45) is 10.2. The van der Waals surface area contributed by atoms with Crippen molar-refractivity contribution in [1.82, 2.24) is 0 Å². The predicted molar refractivity (Wildman–Crippen MR) is 147 cm³/mol. The molecule has 1 aliphatic heterocycles. The standard InChI is InChI=1S/C13H10O.C6H14N2O2.C6H13N.C4H4O3/c14-10-11-6-8-13(9-7-11)12-4-2-1-3-5-12;7-4-2-1-3-5(8)6(9)10;7-6-4-2-1-3-5-6;5-3-1-2-4(6)7-3/h1-10H;5H,1-4,7-8H2,(H,9,10);6H,1-5,7H2;1-2H2/t;5-;;/m.0../s1. The lowest BCUT2D eigenvalue weighted by atomic mass is 9.97. The third-order valence-electron chi connectivity index (χ3n) is 5.85. The van der Waals surface area contributed by atoms with Gasteiger partial charge >= 0.3 is 17.9 Å². The summed E-state index contributed by atoms with van der Waals surface area (Å²) in [5, 5.41) is 8.33. The number of carbonyl (C=O) groups excluding carboxylic acids is 3. The fraction of sp³-hybridized carbons (Fsp3) is 0.448. The van der Waals surface area contributed by atoms with E-state index in [4.69, 9.17) is 22.3 Å². The van der Waals surface area contributed by atoms with E-state index in [1.54, 1.807) is 0 Å². The molecule has 7 N–H and O–H groups in total. The van der Waals surface area contributed by atoms with Gasteiger partial charge in [-0.1, -0.05) is 80.3 Å². The van der Waals surface area contributed by atoms with Gasteiger partial charge in [-0.15, -0.1) is 0 Å². The molecule has 0 unspecified atom stereocenters. The third-order valence-corrected chi connectivity index (χ3v) is 5.85. The van der Waals surface area contributed by atoms with Crippen LogP contribution in [0.5, 0.6) is 0 Å². The fourth-order valence-corrected chi connectivity index (χ4v) is 3.58. The summed E-state index contributed by atoms with van der Waals surface area (Å²) < 4.78 is 4.08. The normalized spacial score (nSPS) is 15.3. The van der Waals surface area contributed by atoms with E-state index in [0.717, 1.165) is 24.7 Å². The van der Waals surface area contributed by atoms with E-state index in [1.807, 2.05) is 42.5 Å². The van der Waals surface area contributed by atoms with Crippen molar-refractivity contribution in [3.63, 3.8) is 0 Å². The molecule has 38 heavy (non-hydrogen) atoms. The maximum absolute atomic E-state index is 10.5. The first-order valence-corrected chi connectivity index (χ1v) is 13.0. The van der Waals surface area contributed by atoms with Crippen molar-refractivity contribution >= 4 is 24.2 Å². The number of esters is 2. The van der Waals surface area contributed by atoms with Gasteiger partial charge in [-0.3, -0.25) is 19.2 Å². The lowest BCUT2D eigenvalue weighted by Crippen LogP contribution is -2.29. The van der Waals surface area contributed by atoms with Crippen LogP contribution in [0.2, 0.25) is 0 Å². The van der Waals surface area contributed by atoms with E-state index >= 15 is 0 Å². The minimum absolute atomic E-state index is 0.263. The Morgan fingerprint density at radius 2 is 1.47 bits per heavy atom. The maximum Gasteiger partial charge on any atom is 0.320 e. The SMILES string of the molecule is NC1CCCCC1.NCCCC[C@H](N)C(=O)O.O=C1CCC(=O)O1.O=Cc1ccc(-c2ccccc2)cc1. The molecule has 2 fully saturated rings. The van der Waals surface area contributed by atoms with Crippen molar-refractivity contribution in [2.75, 3.05) is 6.54 Å². The van der Waals surface area contributed by atoms with Crippen LogP contribution in [-0.2, 0) is 19.1 Å². The molecule has 9 heteroatoms. The van der Waals surface area contributed by atoms with Crippen molar-refractivity contribution in [3.05, 3.63) is 60.2 Å². The van der Waals surface area contributed by atoms with Gasteiger partial charge < -0.3 is 27.0 Å². The number of nitrogens with two attached hydrogens (primary N) is 3. The molecule has 208 valence electrons. The van der Waals surface area contributed by atoms with Crippen molar-refractivity contribution in [2.24, 2.45) is 17.2 Å². The summed E-state index contributed by atoms with van der Waals surface area (Å²) in [5.41, 5.74) is 19.1. The van der Waals surface area contributed by atoms with E-state index < -0.39 is 23.9 Å². The lowest BCUT2D eigenvalue weighted by molar-refractivity contribution is -0.152. The summed E-state index contributed by atoms with van der Waals surface area (Å²) >= 11 is 0. The zero-order valence-corrected chi connectivity index (χ0v) is 21.9. The largest absolute Gasteiger partial charge is 0.480 e. The molecule has 2 aliphatic rings. The van der Waals surface area contributed by atoms with Crippen molar-refractivity contribution in [1.29, 1.82) is 0 Å². The highest BCUT2D eigenvalue weighted by atomic mass is 16.6. The van der Waals surface area contributed by atoms with Gasteiger partial charge in [0.25, 0.3) is 0 Å². The van der Waals surface area contributed by atoms with E-state index in [9.17, 15) is 19.2 Å². The van der Waals surface area contributed by atoms with Gasteiger partial charge in [0, 0.05) is 11.6 Å². The van der Waals surface area contributed by atoms with Crippen LogP contribution >= 0.6 is 0 Å². The minimum atomic E-state index is -0.933. The van der Waals surface area contributed by atoms with Gasteiger partial charge in [-0.2, -0.15) is 0 Å². The highest BCUT2D eigenvalue weighted by molar-refractivity contribution is 5.92. The molecule has 9 nitrogen and oxygen atoms in total. The monoisotopic (exact) mass is 527 g/mol. The predicted octanol–water partition coefficient (Wildman–Crippen LogP) is 3.82. The van der Waals surface area contributed by atoms with E-state index in [1.165, 1.54) is 37.7 Å². The number of aldehydes is 1. The van der Waals surface area contributed by atoms with E-state index in [0.29, 0.717) is 24.6 Å². The average molecular weight is 528 g/mol. The summed E-state index contributed by atoms with van der Waals surface area (Å²) in [4.78, 5) is 40.6. The van der Waals surface area contributed by atoms with Gasteiger partial charge in [0.2, 0.25) is 0 Å². The molecule has 1 saturated carbocycles. The number of hydrogen-bond donors (Lipinski definition) is 4. The molecule has 1 saturated heterocycles. The molecule has 4 rings (SSSR count). The Labute approximate surface area is 224 Å². The number of carbonyl (C=O) groups is 4. The van der Waals surface area contributed by atoms with Gasteiger partial charge in [0.05, 0.1) is 12.8 Å². The Morgan fingerprint density at radius 3 is 1.87 bits per heavy atom. The zero-order chi connectivity index (χ0) is 28.2. The second kappa shape index (κ2) is 19.7. The third kappa shape index (κ3) is 15.0. The van der Waals surface area contributed by atoms with Crippen LogP contribution in [0.1, 0.15) is 74.6 Å². The smallest absolute Gasteiger partial charge is 0.320 e. The average Bonchev–Trinajstić information content (AvgIpc) is 3.33. The van der Waals surface area contributed by atoms with E-state index in [-0.39, 0.29) is 12.8 Å². The van der Waals surface area contributed by atoms with E-state index in [2.05, 4.69) is 16.9 Å². The lowest BCUT2D eigenvalue weighted by Gasteiger charge is -2.15. The highest BCUT2D eigenvalue weighted by Gasteiger charge is 2.19. The first-order valence-electron chi connectivity index (χ1n) is 13.0. The van der Waals surface area contributed by atoms with Crippen molar-refractivity contribution in [2.45, 2.75) is 76.3 Å². The van der Waals surface area contributed by atoms with Crippen LogP contribution in [0, 0.1) is 0 Å². The molecule has 0 spiro atoms. The molecule has 1 heterocycles. The van der Waals surface area contributed by atoms with Crippen molar-refractivity contribution in [3.8, 4) is 11.1 Å². The summed E-state index contributed by atoms with van der Waals surface area (Å²) in [5.74, 6) is -1.73. The number of rotatable bonds is 7. The first-order chi connectivity index (χ1) is 18.3. The number of aliphatic carboxylic acids is 1. The Hall–Kier alpha value is -3.40. The quantitative estimate of drug-likeness (QED) is 0.180. The van der Waals surface area contributed by atoms with Gasteiger partial charge in [-0.05, 0) is 43.4 Å². The molecule has 0 aromatic heterocycles. The van der Waals surface area contributed by atoms with Gasteiger partial charge in [-0.25, -0.2) is 0 Å². The van der Waals surface area contributed by atoms with Crippen LogP contribution in [-0.4, -0.2) is 47.9 Å². The van der Waals surface area contributed by atoms with Crippen LogP contribution in [0.25, 0.3) is 11.1 Å². The van der Waals surface area contributed by atoms with Gasteiger partial charge in [0.1, 0.15) is 12.3 Å². The van der Waals surface area contributed by atoms with Crippen molar-refractivity contribution < 1.29 is 29.0 Å². The number of cyclic esters (lactones) is 2. The molecular weight excluding hydrogens is 486 g/mol. The number of carboxylic acids is 1. The molecule has 2 aromatic rings. The summed E-state index contributed by atoms with van der Waals surface area (Å²) in [6, 6.07) is 17.5. The van der Waals surface area contributed by atoms with Crippen LogP contribution in [0.4, 0.5) is 0 Å². The van der Waals surface area contributed by atoms with Crippen LogP contribution in [0.15, 0.2) is 54.6 Å². The first kappa shape index (κ1) is 32.6. The molecule has 1 atom stereocenters. The minimum Gasteiger partial charge on any atom is -0.480 e. The number of benzene rings is 2. The Bertz CT molecular complexity index is 946. The Morgan fingerprint density at radius 1 is 0.921 bits per heavy atom. The maximum atomic E-state index is 10.5. The topological polar surface area (TPSA) is 176 Å². The fourth-order valence-electron chi connectivity index (χ4n) is 3.58. The van der Waals surface area contributed by atoms with Gasteiger partial charge in [0.15, 0.2) is 0 Å². The zero-order valence-electron chi connectivity index (χ0n) is 21.9. The van der Waals surface area contributed by atoms with Crippen LogP contribution in [0.3, 0.4) is 0 Å². The molecule has 0 radical (unpaired) electrons. The summed E-state index contributed by atoms with van der Waals surface area (Å²) in [7, 11) is 0. The highest BCUT2D eigenvalue weighted by Crippen LogP contribution is 2.18. The number of ether oxygens (including phenoxy) is 1. The molecule has 0 amide bonds. The number of hydrogen-bond acceptors (Lipinski definition) is 8. The number of unbranched alkanes of at least 4 members (excludes halogenated alkanes) is 1. The Kier molecular flexibility index (Phi) is 16.9. The second-order valence-electron chi connectivity index (χ2n) is 9.08. The summed E-state index contributed by atoms with van der Waals surface area (Å²) in [6.45, 7) is 0.604. The van der Waals surface area contributed by atoms with Crippen LogP contribution < -0.4 is 17.2 Å². The Balaban J connectivity index is 0.000000266. The molecule has 0 bridgehead atoms. The second-order valence-corrected chi connectivity index (χ2v) is 9.08. The molecular formula is C29H41N3O6. The molecule has 2 aromatic carbocycles. The molecule has 1 aliphatic carbocycles.